The Morgan fingerprint density at radius 2 is 1.06 bits per heavy atom. The number of hydrogen-bond donors (Lipinski definition) is 2. The fourth-order valence-corrected chi connectivity index (χ4v) is 3.43. The molecule has 0 amide bonds. The van der Waals surface area contributed by atoms with Gasteiger partial charge in [-0.25, -0.2) is 0 Å². The molecule has 2 rings (SSSR count). The molecule has 0 spiro atoms. The molecule has 0 aliphatic heterocycles. The largest absolute Gasteiger partial charge is 0.465 e. The van der Waals surface area contributed by atoms with Crippen LogP contribution in [-0.2, 0) is 15.0 Å². The maximum Gasteiger partial charge on any atom is 0.197 e. The van der Waals surface area contributed by atoms with E-state index in [1.165, 1.54) is 0 Å². The van der Waals surface area contributed by atoms with Gasteiger partial charge in [0.1, 0.15) is 11.5 Å². The highest BCUT2D eigenvalue weighted by atomic mass is 16.6. The van der Waals surface area contributed by atoms with E-state index in [2.05, 4.69) is 27.0 Å². The molecule has 2 aromatic carbocycles. The molecule has 188 valence electrons. The van der Waals surface area contributed by atoms with E-state index in [1.807, 2.05) is 24.3 Å². The molecule has 35 heavy (non-hydrogen) atoms. The summed E-state index contributed by atoms with van der Waals surface area (Å²) in [7, 11) is 0. The molecule has 0 radical (unpaired) electrons. The van der Waals surface area contributed by atoms with Gasteiger partial charge in [-0.05, 0) is 60.4 Å². The molecule has 0 aromatic heterocycles. The second kappa shape index (κ2) is 12.5. The van der Waals surface area contributed by atoms with E-state index in [1.54, 1.807) is 38.1 Å². The van der Waals surface area contributed by atoms with Crippen LogP contribution in [0, 0.1) is 0 Å². The lowest BCUT2D eigenvalue weighted by Crippen LogP contribution is -2.20. The minimum atomic E-state index is -1.07. The van der Waals surface area contributed by atoms with Crippen LogP contribution in [0.1, 0.15) is 64.5 Å². The Kier molecular flexibility index (Phi) is 9.99. The number of ether oxygens (including phenoxy) is 2. The fourth-order valence-electron chi connectivity index (χ4n) is 3.43. The third-order valence-electron chi connectivity index (χ3n) is 5.88. The lowest BCUT2D eigenvalue weighted by molar-refractivity contribution is -0.118. The third kappa shape index (κ3) is 8.50. The average Bonchev–Trinajstić information content (AvgIpc) is 2.81. The standard InChI is InChI=1S/C29H36O6/c1-19(2)25(30)15-17-27(32)34-23-11-7-21(8-12-23)29(5,6)22-9-13-24(14-10-22)35-28(33)18-16-26(31)20(3)4/h7-14,27-28,32-33H,1,3,15-18H2,2,4-6H3. The number of hydrogen-bond acceptors (Lipinski definition) is 6. The third-order valence-corrected chi connectivity index (χ3v) is 5.88. The Bertz CT molecular complexity index is 950. The summed E-state index contributed by atoms with van der Waals surface area (Å²) < 4.78 is 11.1. The molecule has 6 heteroatoms. The van der Waals surface area contributed by atoms with Crippen molar-refractivity contribution in [2.45, 2.75) is 71.4 Å². The first-order chi connectivity index (χ1) is 16.4. The van der Waals surface area contributed by atoms with Gasteiger partial charge in [0, 0.05) is 31.1 Å². The molecule has 0 saturated heterocycles. The van der Waals surface area contributed by atoms with Gasteiger partial charge in [0.2, 0.25) is 0 Å². The summed E-state index contributed by atoms with van der Waals surface area (Å²) in [4.78, 5) is 23.3. The summed E-state index contributed by atoms with van der Waals surface area (Å²) in [5, 5.41) is 20.1. The maximum absolute atomic E-state index is 11.6. The van der Waals surface area contributed by atoms with Gasteiger partial charge in [0.05, 0.1) is 0 Å². The average molecular weight is 481 g/mol. The van der Waals surface area contributed by atoms with E-state index >= 15 is 0 Å². The van der Waals surface area contributed by atoms with Crippen LogP contribution in [0.15, 0.2) is 72.8 Å². The summed E-state index contributed by atoms with van der Waals surface area (Å²) >= 11 is 0. The highest BCUT2D eigenvalue weighted by molar-refractivity contribution is 5.94. The molecule has 2 unspecified atom stereocenters. The van der Waals surface area contributed by atoms with Crippen LogP contribution in [0.4, 0.5) is 0 Å². The van der Waals surface area contributed by atoms with E-state index in [0.29, 0.717) is 22.6 Å². The number of carbonyl (C=O) groups is 2. The normalized spacial score (nSPS) is 13.0. The molecule has 0 aliphatic rings. The summed E-state index contributed by atoms with van der Waals surface area (Å²) in [5.41, 5.74) is 2.70. The zero-order valence-corrected chi connectivity index (χ0v) is 21.0. The van der Waals surface area contributed by atoms with Crippen molar-refractivity contribution in [3.8, 4) is 11.5 Å². The number of carbonyl (C=O) groups excluding carboxylic acids is 2. The first-order valence-corrected chi connectivity index (χ1v) is 11.7. The van der Waals surface area contributed by atoms with Crippen LogP contribution in [-0.4, -0.2) is 34.4 Å². The van der Waals surface area contributed by atoms with Crippen LogP contribution in [0.25, 0.3) is 0 Å². The second-order valence-corrected chi connectivity index (χ2v) is 9.30. The van der Waals surface area contributed by atoms with E-state index < -0.39 is 12.6 Å². The van der Waals surface area contributed by atoms with Crippen molar-refractivity contribution in [2.24, 2.45) is 0 Å². The highest BCUT2D eigenvalue weighted by Crippen LogP contribution is 2.33. The van der Waals surface area contributed by atoms with Gasteiger partial charge in [-0.15, -0.1) is 0 Å². The maximum atomic E-state index is 11.6. The molecular formula is C29H36O6. The summed E-state index contributed by atoms with van der Waals surface area (Å²) in [6.07, 6.45) is -1.37. The SMILES string of the molecule is C=C(C)C(=O)CCC(O)Oc1ccc(C(C)(C)c2ccc(OC(O)CCC(=O)C(=C)C)cc2)cc1. The topological polar surface area (TPSA) is 93.1 Å². The molecule has 0 bridgehead atoms. The summed E-state index contributed by atoms with van der Waals surface area (Å²) in [6.45, 7) is 14.7. The number of aliphatic hydroxyl groups excluding tert-OH is 2. The van der Waals surface area contributed by atoms with Gasteiger partial charge in [-0.2, -0.15) is 0 Å². The predicted molar refractivity (Wildman–Crippen MR) is 136 cm³/mol. The Balaban J connectivity index is 1.96. The van der Waals surface area contributed by atoms with Gasteiger partial charge >= 0.3 is 0 Å². The lowest BCUT2D eigenvalue weighted by atomic mass is 9.78. The molecule has 2 N–H and O–H groups in total. The van der Waals surface area contributed by atoms with Crippen molar-refractivity contribution in [1.29, 1.82) is 0 Å². The molecule has 0 aliphatic carbocycles. The van der Waals surface area contributed by atoms with Crippen LogP contribution in [0.3, 0.4) is 0 Å². The van der Waals surface area contributed by atoms with Gasteiger partial charge in [0.25, 0.3) is 0 Å². The highest BCUT2D eigenvalue weighted by Gasteiger charge is 2.23. The van der Waals surface area contributed by atoms with E-state index in [9.17, 15) is 19.8 Å². The Morgan fingerprint density at radius 1 is 0.743 bits per heavy atom. The minimum Gasteiger partial charge on any atom is -0.465 e. The van der Waals surface area contributed by atoms with Crippen molar-refractivity contribution in [1.82, 2.24) is 0 Å². The van der Waals surface area contributed by atoms with Crippen LogP contribution >= 0.6 is 0 Å². The fraction of sp³-hybridized carbons (Fsp3) is 0.379. The molecule has 0 saturated carbocycles. The van der Waals surface area contributed by atoms with E-state index in [4.69, 9.17) is 9.47 Å². The van der Waals surface area contributed by atoms with Crippen molar-refractivity contribution in [2.75, 3.05) is 0 Å². The van der Waals surface area contributed by atoms with Crippen molar-refractivity contribution in [3.63, 3.8) is 0 Å². The Morgan fingerprint density at radius 3 is 1.34 bits per heavy atom. The molecular weight excluding hydrogens is 444 g/mol. The summed E-state index contributed by atoms with van der Waals surface area (Å²) in [6, 6.07) is 14.9. The minimum absolute atomic E-state index is 0.0893. The van der Waals surface area contributed by atoms with Gasteiger partial charge in [-0.1, -0.05) is 51.3 Å². The van der Waals surface area contributed by atoms with Gasteiger partial charge in [0.15, 0.2) is 24.1 Å². The molecule has 0 heterocycles. The van der Waals surface area contributed by atoms with E-state index in [0.717, 1.165) is 11.1 Å². The molecule has 2 aromatic rings. The second-order valence-electron chi connectivity index (χ2n) is 9.30. The number of benzene rings is 2. The van der Waals surface area contributed by atoms with Crippen molar-refractivity contribution < 1.29 is 29.3 Å². The first kappa shape index (κ1) is 28.0. The quantitative estimate of drug-likeness (QED) is 0.283. The van der Waals surface area contributed by atoms with Crippen LogP contribution in [0.5, 0.6) is 11.5 Å². The van der Waals surface area contributed by atoms with Crippen LogP contribution < -0.4 is 9.47 Å². The lowest BCUT2D eigenvalue weighted by Gasteiger charge is -2.27. The van der Waals surface area contributed by atoms with Crippen LogP contribution in [0.2, 0.25) is 0 Å². The molecule has 6 nitrogen and oxygen atoms in total. The Hall–Kier alpha value is -3.22. The van der Waals surface area contributed by atoms with Crippen molar-refractivity contribution in [3.05, 3.63) is 84.0 Å². The van der Waals surface area contributed by atoms with Gasteiger partial charge < -0.3 is 19.7 Å². The Labute approximate surface area is 207 Å². The molecule has 2 atom stereocenters. The number of ketones is 2. The number of rotatable bonds is 14. The zero-order valence-electron chi connectivity index (χ0n) is 21.0. The van der Waals surface area contributed by atoms with Crippen molar-refractivity contribution >= 4 is 11.6 Å². The van der Waals surface area contributed by atoms with E-state index in [-0.39, 0.29) is 42.7 Å². The van der Waals surface area contributed by atoms with Gasteiger partial charge in [-0.3, -0.25) is 9.59 Å². The smallest absolute Gasteiger partial charge is 0.197 e. The molecule has 0 fully saturated rings. The zero-order chi connectivity index (χ0) is 26.2. The monoisotopic (exact) mass is 480 g/mol. The first-order valence-electron chi connectivity index (χ1n) is 11.7. The summed E-state index contributed by atoms with van der Waals surface area (Å²) in [5.74, 6) is 0.854. The number of aliphatic hydroxyl groups is 2. The predicted octanol–water partition coefficient (Wildman–Crippen LogP) is 5.26. The number of allylic oxidation sites excluding steroid dienone is 2. The number of Topliss-reactive ketones (excluding diaryl/α,β-unsaturated/α-hetero) is 2.